The molecule has 1 amide bonds. The van der Waals surface area contributed by atoms with Crippen LogP contribution in [0.25, 0.3) is 11.4 Å². The van der Waals surface area contributed by atoms with Gasteiger partial charge in [0.05, 0.1) is 30.2 Å². The van der Waals surface area contributed by atoms with Gasteiger partial charge in [-0.1, -0.05) is 35.2 Å². The third-order valence-corrected chi connectivity index (χ3v) is 6.17. The van der Waals surface area contributed by atoms with Crippen molar-refractivity contribution in [2.24, 2.45) is 7.05 Å². The summed E-state index contributed by atoms with van der Waals surface area (Å²) in [5.74, 6) is 0.805. The Morgan fingerprint density at radius 1 is 1.19 bits per heavy atom. The maximum Gasteiger partial charge on any atom is 0.350 e. The van der Waals surface area contributed by atoms with E-state index in [2.05, 4.69) is 20.5 Å². The Bertz CT molecular complexity index is 1080. The molecule has 3 rings (SSSR count). The molecule has 164 valence electrons. The summed E-state index contributed by atoms with van der Waals surface area (Å²) < 4.78 is 12.5. The van der Waals surface area contributed by atoms with Crippen LogP contribution in [0.3, 0.4) is 0 Å². The lowest BCUT2D eigenvalue weighted by atomic mass is 10.2. The van der Waals surface area contributed by atoms with Gasteiger partial charge in [0.2, 0.25) is 5.91 Å². The third kappa shape index (κ3) is 5.42. The maximum atomic E-state index is 12.4. The molecule has 0 fully saturated rings. The highest BCUT2D eigenvalue weighted by Crippen LogP contribution is 2.30. The van der Waals surface area contributed by atoms with Crippen LogP contribution in [0.1, 0.15) is 29.2 Å². The number of carbonyl (C=O) groups is 2. The van der Waals surface area contributed by atoms with Crippen molar-refractivity contribution in [2.75, 3.05) is 24.3 Å². The van der Waals surface area contributed by atoms with Crippen molar-refractivity contribution in [3.8, 4) is 17.1 Å². The number of hydrogen-bond acceptors (Lipinski definition) is 9. The van der Waals surface area contributed by atoms with Crippen LogP contribution in [0.2, 0.25) is 0 Å². The Balaban J connectivity index is 1.64. The second kappa shape index (κ2) is 10.4. The fourth-order valence-electron chi connectivity index (χ4n) is 2.73. The number of thiazole rings is 1. The Kier molecular flexibility index (Phi) is 7.64. The average molecular weight is 462 g/mol. The number of thioether (sulfide) groups is 1. The van der Waals surface area contributed by atoms with Gasteiger partial charge in [-0.2, -0.15) is 0 Å². The number of nitrogens with one attached hydrogen (secondary N) is 1. The largest absolute Gasteiger partial charge is 0.493 e. The molecule has 0 saturated carbocycles. The van der Waals surface area contributed by atoms with E-state index in [1.165, 1.54) is 11.8 Å². The van der Waals surface area contributed by atoms with Gasteiger partial charge >= 0.3 is 5.97 Å². The third-order valence-electron chi connectivity index (χ3n) is 4.10. The molecule has 0 bridgehead atoms. The molecule has 0 aliphatic rings. The smallest absolute Gasteiger partial charge is 0.350 e. The van der Waals surface area contributed by atoms with E-state index in [4.69, 9.17) is 9.47 Å². The minimum Gasteiger partial charge on any atom is -0.493 e. The summed E-state index contributed by atoms with van der Waals surface area (Å²) in [6.07, 6.45) is 0. The molecule has 2 aromatic heterocycles. The van der Waals surface area contributed by atoms with Crippen molar-refractivity contribution in [1.29, 1.82) is 0 Å². The van der Waals surface area contributed by atoms with E-state index in [0.717, 1.165) is 22.6 Å². The lowest BCUT2D eigenvalue weighted by molar-refractivity contribution is -0.113. The molecule has 0 unspecified atom stereocenters. The first kappa shape index (κ1) is 22.8. The first-order valence-corrected chi connectivity index (χ1v) is 11.4. The van der Waals surface area contributed by atoms with Gasteiger partial charge in [-0.15, -0.1) is 10.2 Å². The lowest BCUT2D eigenvalue weighted by Crippen LogP contribution is -2.14. The number of anilines is 1. The van der Waals surface area contributed by atoms with Crippen molar-refractivity contribution in [3.05, 3.63) is 34.8 Å². The Hall–Kier alpha value is -2.92. The van der Waals surface area contributed by atoms with Crippen LogP contribution in [0.4, 0.5) is 5.13 Å². The summed E-state index contributed by atoms with van der Waals surface area (Å²) in [6, 6.07) is 7.61. The zero-order valence-corrected chi connectivity index (χ0v) is 19.3. The highest BCUT2D eigenvalue weighted by molar-refractivity contribution is 7.99. The van der Waals surface area contributed by atoms with Gasteiger partial charge in [0.25, 0.3) is 0 Å². The molecule has 0 spiro atoms. The van der Waals surface area contributed by atoms with Crippen LogP contribution < -0.4 is 10.1 Å². The molecular weight excluding hydrogens is 438 g/mol. The Morgan fingerprint density at radius 2 is 1.97 bits per heavy atom. The van der Waals surface area contributed by atoms with Gasteiger partial charge in [-0.3, -0.25) is 4.79 Å². The van der Waals surface area contributed by atoms with Crippen LogP contribution in [0.5, 0.6) is 5.75 Å². The first-order valence-electron chi connectivity index (χ1n) is 9.63. The molecule has 0 aliphatic heterocycles. The van der Waals surface area contributed by atoms with E-state index in [0.29, 0.717) is 33.3 Å². The van der Waals surface area contributed by atoms with E-state index in [1.54, 1.807) is 13.8 Å². The molecule has 0 radical (unpaired) electrons. The van der Waals surface area contributed by atoms with Gasteiger partial charge in [0, 0.05) is 7.05 Å². The van der Waals surface area contributed by atoms with Crippen LogP contribution in [0, 0.1) is 6.92 Å². The van der Waals surface area contributed by atoms with E-state index < -0.39 is 5.97 Å². The fourth-order valence-corrected chi connectivity index (χ4v) is 4.32. The van der Waals surface area contributed by atoms with Crippen LogP contribution in [-0.2, 0) is 16.6 Å². The van der Waals surface area contributed by atoms with E-state index in [9.17, 15) is 9.59 Å². The quantitative estimate of drug-likeness (QED) is 0.381. The number of nitrogens with zero attached hydrogens (tertiary/aromatic N) is 4. The molecule has 31 heavy (non-hydrogen) atoms. The number of aryl methyl sites for hydroxylation is 1. The SMILES string of the molecule is CCOC(=O)c1sc(NC(=O)CSc2nnc(-c3ccccc3OCC)n2C)nc1C. The number of para-hydroxylation sites is 1. The monoisotopic (exact) mass is 461 g/mol. The molecule has 0 saturated heterocycles. The van der Waals surface area contributed by atoms with Crippen molar-refractivity contribution in [2.45, 2.75) is 25.9 Å². The van der Waals surface area contributed by atoms with Gasteiger partial charge in [0.1, 0.15) is 10.6 Å². The molecular formula is C20H23N5O4S2. The van der Waals surface area contributed by atoms with Crippen LogP contribution in [0.15, 0.2) is 29.4 Å². The van der Waals surface area contributed by atoms with E-state index >= 15 is 0 Å². The topological polar surface area (TPSA) is 108 Å². The van der Waals surface area contributed by atoms with Crippen molar-refractivity contribution in [1.82, 2.24) is 19.7 Å². The molecule has 0 aliphatic carbocycles. The number of aromatic nitrogens is 4. The summed E-state index contributed by atoms with van der Waals surface area (Å²) in [7, 11) is 1.84. The fraction of sp³-hybridized carbons (Fsp3) is 0.350. The predicted octanol–water partition coefficient (Wildman–Crippen LogP) is 3.55. The van der Waals surface area contributed by atoms with Gasteiger partial charge in [-0.25, -0.2) is 9.78 Å². The molecule has 2 heterocycles. The second-order valence-electron chi connectivity index (χ2n) is 6.29. The number of carbonyl (C=O) groups excluding carboxylic acids is 2. The molecule has 3 aromatic rings. The normalized spacial score (nSPS) is 10.7. The lowest BCUT2D eigenvalue weighted by Gasteiger charge is -2.09. The molecule has 11 heteroatoms. The minimum atomic E-state index is -0.439. The average Bonchev–Trinajstić information content (AvgIpc) is 3.29. The zero-order valence-electron chi connectivity index (χ0n) is 17.7. The van der Waals surface area contributed by atoms with Crippen molar-refractivity contribution >= 4 is 40.1 Å². The van der Waals surface area contributed by atoms with Crippen molar-refractivity contribution in [3.63, 3.8) is 0 Å². The molecule has 1 N–H and O–H groups in total. The maximum absolute atomic E-state index is 12.4. The summed E-state index contributed by atoms with van der Waals surface area (Å²) in [6.45, 7) is 6.19. The Labute approximate surface area is 188 Å². The summed E-state index contributed by atoms with van der Waals surface area (Å²) >= 11 is 2.35. The van der Waals surface area contributed by atoms with Crippen molar-refractivity contribution < 1.29 is 19.1 Å². The number of benzene rings is 1. The number of esters is 1. The number of rotatable bonds is 9. The first-order chi connectivity index (χ1) is 14.9. The van der Waals surface area contributed by atoms with Crippen LogP contribution >= 0.6 is 23.1 Å². The van der Waals surface area contributed by atoms with Gasteiger partial charge in [0.15, 0.2) is 16.1 Å². The standard InChI is InChI=1S/C20H23N5O4S2/c1-5-28-14-10-8-7-9-13(14)17-23-24-20(25(17)4)30-11-15(26)22-19-21-12(3)16(31-19)18(27)29-6-2/h7-10H,5-6,11H2,1-4H3,(H,21,22,26). The van der Waals surface area contributed by atoms with Gasteiger partial charge < -0.3 is 19.4 Å². The zero-order chi connectivity index (χ0) is 22.4. The predicted molar refractivity (Wildman–Crippen MR) is 120 cm³/mol. The summed E-state index contributed by atoms with van der Waals surface area (Å²) in [5, 5.41) is 12.1. The second-order valence-corrected chi connectivity index (χ2v) is 8.23. The molecule has 0 atom stereocenters. The molecule has 9 nitrogen and oxygen atoms in total. The highest BCUT2D eigenvalue weighted by atomic mass is 32.2. The van der Waals surface area contributed by atoms with E-state index in [-0.39, 0.29) is 18.3 Å². The number of amides is 1. The minimum absolute atomic E-state index is 0.118. The van der Waals surface area contributed by atoms with E-state index in [1.807, 2.05) is 42.8 Å². The number of ether oxygens (including phenoxy) is 2. The molecule has 1 aromatic carbocycles. The van der Waals surface area contributed by atoms with Crippen LogP contribution in [-0.4, -0.2) is 50.6 Å². The Morgan fingerprint density at radius 3 is 2.71 bits per heavy atom. The number of hydrogen-bond donors (Lipinski definition) is 1. The highest BCUT2D eigenvalue weighted by Gasteiger charge is 2.19. The summed E-state index contributed by atoms with van der Waals surface area (Å²) in [4.78, 5) is 28.9. The van der Waals surface area contributed by atoms with Gasteiger partial charge in [-0.05, 0) is 32.9 Å². The summed E-state index contributed by atoms with van der Waals surface area (Å²) in [5.41, 5.74) is 1.36.